The number of pyridine rings is 1. The van der Waals surface area contributed by atoms with Gasteiger partial charge in [-0.05, 0) is 88.4 Å². The van der Waals surface area contributed by atoms with E-state index in [1.807, 2.05) is 22.9 Å². The highest BCUT2D eigenvalue weighted by atomic mass is 19.4. The van der Waals surface area contributed by atoms with E-state index < -0.39 is 126 Å². The lowest BCUT2D eigenvalue weighted by atomic mass is 9.82. The standard InChI is InChI=1S/C51H62F10N10O8/c1-48(2,50(56,57)58)41(66-46(75)77-5)43(73)65-38(17-27-7-9-28(10-8-27)29-11-14-40(64-20-29)69-21-31-12-13-32(22-69)71(31)33-25-79-26-33)39(72)24-70(68-44(74)42(67-47(76)78-6)49(3,4)51(59,60)61)23-34-35(52)18-30(19-36(34)53)37(62)15-16-63-45(54)55/h7-11,14-16,18-20,31-33,38-39,41-42,45,62-63,72H,12-13,17,21-26H2,1-6H3,(H,65,73)(H,66,75)(H,67,76)(H,68,74)/b16-15-,62-37?/t31?,32?,38-,39-,41+,42+/m0/s1. The monoisotopic (exact) mass is 1130 g/mol. The topological polar surface area (TPSA) is 223 Å². The molecule has 3 saturated heterocycles. The molecule has 1 aromatic heterocycles. The highest BCUT2D eigenvalue weighted by molar-refractivity contribution is 6.06. The van der Waals surface area contributed by atoms with Gasteiger partial charge in [0.2, 0.25) is 5.91 Å². The molecule has 2 unspecified atom stereocenters. The third kappa shape index (κ3) is 14.7. The van der Waals surface area contributed by atoms with E-state index >= 15 is 8.78 Å². The van der Waals surface area contributed by atoms with Gasteiger partial charge >= 0.3 is 31.1 Å². The number of rotatable bonds is 22. The van der Waals surface area contributed by atoms with Gasteiger partial charge < -0.3 is 50.9 Å². The number of allylic oxidation sites excluding steroid dienone is 1. The van der Waals surface area contributed by atoms with Crippen molar-refractivity contribution in [3.8, 4) is 11.1 Å². The maximum Gasteiger partial charge on any atom is 0.407 e. The third-order valence-corrected chi connectivity index (χ3v) is 14.5. The van der Waals surface area contributed by atoms with Gasteiger partial charge in [0.15, 0.2) is 0 Å². The van der Waals surface area contributed by atoms with Crippen LogP contribution in [0.25, 0.3) is 11.1 Å². The second-order valence-corrected chi connectivity index (χ2v) is 20.5. The maximum atomic E-state index is 15.9. The summed E-state index contributed by atoms with van der Waals surface area (Å²) in [7, 11) is 1.60. The number of aliphatic hydroxyl groups is 1. The van der Waals surface area contributed by atoms with E-state index in [0.29, 0.717) is 85.9 Å². The number of hydrogen-bond donors (Lipinski definition) is 7. The number of nitrogens with zero attached hydrogens (tertiary/aromatic N) is 4. The SMILES string of the molecule is COC(=O)N[C@H](C(=O)N[C@@H](Cc1ccc(-c2ccc(N3CC4CCC(C3)N4C3COC3)nc2)cc1)[C@@H](O)CN(Cc1c(F)cc(C(=N)/C=C\NC(F)F)cc1F)NC(=O)[C@@H](NC(=O)OC)C(C)(C)C(F)(F)F)C(C)(C)C(F)(F)F. The number of methoxy groups -OCH3 is 2. The average molecular weight is 1130 g/mol. The highest BCUT2D eigenvalue weighted by Crippen LogP contribution is 2.42. The van der Waals surface area contributed by atoms with Crippen molar-refractivity contribution in [2.45, 2.75) is 115 Å². The Kier molecular flexibility index (Phi) is 19.5. The fraction of sp³-hybridized carbons (Fsp3) is 0.529. The molecule has 3 fully saturated rings. The predicted octanol–water partition coefficient (Wildman–Crippen LogP) is 6.32. The molecule has 79 heavy (non-hydrogen) atoms. The van der Waals surface area contributed by atoms with Gasteiger partial charge in [0.05, 0.1) is 62.2 Å². The summed E-state index contributed by atoms with van der Waals surface area (Å²) in [4.78, 5) is 62.4. The van der Waals surface area contributed by atoms with Gasteiger partial charge in [-0.1, -0.05) is 24.3 Å². The molecular formula is C51H62F10N10O8. The first-order valence-corrected chi connectivity index (χ1v) is 24.7. The van der Waals surface area contributed by atoms with Crippen LogP contribution in [0.2, 0.25) is 0 Å². The number of amides is 4. The Morgan fingerprint density at radius 1 is 0.810 bits per heavy atom. The van der Waals surface area contributed by atoms with Gasteiger partial charge in [0, 0.05) is 67.3 Å². The maximum absolute atomic E-state index is 15.9. The molecule has 2 bridgehead atoms. The van der Waals surface area contributed by atoms with E-state index in [2.05, 4.69) is 24.6 Å². The molecule has 3 aliphatic heterocycles. The minimum Gasteiger partial charge on any atom is -0.453 e. The zero-order valence-corrected chi connectivity index (χ0v) is 43.7. The first kappa shape index (κ1) is 61.4. The van der Waals surface area contributed by atoms with E-state index in [1.54, 1.807) is 41.1 Å². The van der Waals surface area contributed by atoms with Gasteiger partial charge in [0.25, 0.3) is 5.91 Å². The van der Waals surface area contributed by atoms with E-state index in [9.17, 15) is 59.4 Å². The molecule has 6 rings (SSSR count). The Morgan fingerprint density at radius 2 is 1.34 bits per heavy atom. The molecule has 434 valence electrons. The summed E-state index contributed by atoms with van der Waals surface area (Å²) < 4.78 is 159. The summed E-state index contributed by atoms with van der Waals surface area (Å²) in [5.74, 6) is -5.38. The fourth-order valence-electron chi connectivity index (χ4n) is 9.45. The summed E-state index contributed by atoms with van der Waals surface area (Å²) in [6, 6.07) is 5.70. The number of benzene rings is 2. The number of alkyl halides is 8. The third-order valence-electron chi connectivity index (χ3n) is 14.5. The average Bonchev–Trinajstić information content (AvgIpc) is 3.61. The normalized spacial score (nSPS) is 18.8. The molecule has 4 heterocycles. The number of ether oxygens (including phenoxy) is 3. The smallest absolute Gasteiger partial charge is 0.407 e. The lowest BCUT2D eigenvalue weighted by molar-refractivity contribution is -0.221. The first-order chi connectivity index (χ1) is 36.9. The van der Waals surface area contributed by atoms with Crippen LogP contribution in [-0.2, 0) is 36.8 Å². The summed E-state index contributed by atoms with van der Waals surface area (Å²) in [6.07, 6.45) is -10.8. The number of anilines is 1. The van der Waals surface area contributed by atoms with Crippen molar-refractivity contribution in [2.24, 2.45) is 10.8 Å². The van der Waals surface area contributed by atoms with Crippen LogP contribution in [0.5, 0.6) is 0 Å². The van der Waals surface area contributed by atoms with Crippen molar-refractivity contribution in [3.05, 3.63) is 95.3 Å². The molecule has 18 nitrogen and oxygen atoms in total. The van der Waals surface area contributed by atoms with E-state index in [1.165, 1.54) is 0 Å². The summed E-state index contributed by atoms with van der Waals surface area (Å²) >= 11 is 0. The zero-order chi connectivity index (χ0) is 58.4. The number of hydrazine groups is 1. The molecule has 4 amide bonds. The van der Waals surface area contributed by atoms with E-state index in [-0.39, 0.29) is 0 Å². The summed E-state index contributed by atoms with van der Waals surface area (Å²) in [5, 5.41) is 28.2. The van der Waals surface area contributed by atoms with Crippen LogP contribution in [0, 0.1) is 27.9 Å². The Balaban J connectivity index is 1.33. The van der Waals surface area contributed by atoms with Gasteiger partial charge in [-0.25, -0.2) is 28.4 Å². The number of alkyl carbamates (subject to hydrolysis) is 2. The van der Waals surface area contributed by atoms with Crippen LogP contribution < -0.4 is 31.6 Å². The van der Waals surface area contributed by atoms with Gasteiger partial charge in [0.1, 0.15) is 29.5 Å². The molecule has 3 aliphatic rings. The van der Waals surface area contributed by atoms with Crippen LogP contribution in [-0.4, -0.2) is 158 Å². The van der Waals surface area contributed by atoms with Crippen molar-refractivity contribution in [1.29, 1.82) is 5.41 Å². The van der Waals surface area contributed by atoms with Crippen molar-refractivity contribution < 1.29 is 82.4 Å². The second kappa shape index (κ2) is 25.1. The van der Waals surface area contributed by atoms with Gasteiger partial charge in [-0.3, -0.25) is 19.9 Å². The largest absolute Gasteiger partial charge is 0.453 e. The Morgan fingerprint density at radius 3 is 1.81 bits per heavy atom. The molecule has 2 aromatic carbocycles. The molecule has 6 atom stereocenters. The summed E-state index contributed by atoms with van der Waals surface area (Å²) in [5.41, 5.74) is -4.64. The number of aliphatic hydroxyl groups excluding tert-OH is 1. The molecule has 7 N–H and O–H groups in total. The fourth-order valence-corrected chi connectivity index (χ4v) is 9.45. The molecule has 0 aliphatic carbocycles. The van der Waals surface area contributed by atoms with Crippen LogP contribution in [0.1, 0.15) is 57.2 Å². The van der Waals surface area contributed by atoms with Crippen molar-refractivity contribution >= 4 is 35.5 Å². The Labute approximate surface area is 448 Å². The lowest BCUT2D eigenvalue weighted by Crippen LogP contribution is -2.63. The van der Waals surface area contributed by atoms with Crippen LogP contribution in [0.15, 0.2) is 67.0 Å². The Bertz CT molecular complexity index is 2640. The lowest BCUT2D eigenvalue weighted by Gasteiger charge is -2.48. The molecule has 0 spiro atoms. The number of hydrogen-bond acceptors (Lipinski definition) is 14. The van der Waals surface area contributed by atoms with Gasteiger partial charge in [-0.15, -0.1) is 0 Å². The first-order valence-electron chi connectivity index (χ1n) is 24.7. The van der Waals surface area contributed by atoms with E-state index in [4.69, 9.17) is 15.1 Å². The molecular weight excluding hydrogens is 1070 g/mol. The molecule has 3 aromatic rings. The van der Waals surface area contributed by atoms with Crippen molar-refractivity contribution in [3.63, 3.8) is 0 Å². The molecule has 0 radical (unpaired) electrons. The zero-order valence-electron chi connectivity index (χ0n) is 43.7. The number of aromatic nitrogens is 1. The number of fused-ring (bicyclic) bond motifs is 2. The van der Waals surface area contributed by atoms with Crippen molar-refractivity contribution in [1.82, 2.24) is 41.6 Å². The van der Waals surface area contributed by atoms with Crippen LogP contribution in [0.3, 0.4) is 0 Å². The second-order valence-electron chi connectivity index (χ2n) is 20.5. The van der Waals surface area contributed by atoms with Gasteiger partial charge in [-0.2, -0.15) is 35.1 Å². The quantitative estimate of drug-likeness (QED) is 0.0254. The number of halogens is 10. The minimum atomic E-state index is -5.23. The van der Waals surface area contributed by atoms with Crippen molar-refractivity contribution in [2.75, 3.05) is 52.0 Å². The number of carbonyl (C=O) groups excluding carboxylic acids is 4. The number of piperazine rings is 1. The summed E-state index contributed by atoms with van der Waals surface area (Å²) in [6.45, 7) is -0.0235. The number of carbonyl (C=O) groups is 4. The van der Waals surface area contributed by atoms with Crippen LogP contribution in [0.4, 0.5) is 59.3 Å². The number of nitrogens with one attached hydrogen (secondary N) is 6. The van der Waals surface area contributed by atoms with Crippen LogP contribution >= 0.6 is 0 Å². The molecule has 28 heteroatoms. The van der Waals surface area contributed by atoms with E-state index in [0.717, 1.165) is 65.3 Å². The highest BCUT2D eigenvalue weighted by Gasteiger charge is 2.57. The molecule has 0 saturated carbocycles. The predicted molar refractivity (Wildman–Crippen MR) is 265 cm³/mol. The minimum absolute atomic E-state index is 0.299. The Hall–Kier alpha value is -6.78.